The molecule has 11 heteroatoms. The molecule has 0 aliphatic carbocycles. The van der Waals surface area contributed by atoms with E-state index in [4.69, 9.17) is 4.74 Å². The van der Waals surface area contributed by atoms with Crippen LogP contribution in [0.1, 0.15) is 55.5 Å². The van der Waals surface area contributed by atoms with Gasteiger partial charge in [0, 0.05) is 43.5 Å². The number of halogens is 3. The van der Waals surface area contributed by atoms with Crippen molar-refractivity contribution < 1.29 is 37.7 Å². The summed E-state index contributed by atoms with van der Waals surface area (Å²) in [6, 6.07) is 8.40. The Balaban J connectivity index is 1.45. The van der Waals surface area contributed by atoms with Gasteiger partial charge in [0.2, 0.25) is 0 Å². The first-order valence-corrected chi connectivity index (χ1v) is 13.1. The van der Waals surface area contributed by atoms with Gasteiger partial charge >= 0.3 is 12.2 Å². The monoisotopic (exact) mass is 549 g/mol. The molecule has 2 saturated heterocycles. The highest BCUT2D eigenvalue weighted by atomic mass is 19.4. The van der Waals surface area contributed by atoms with E-state index in [1.165, 1.54) is 40.1 Å². The van der Waals surface area contributed by atoms with Gasteiger partial charge in [0.1, 0.15) is 11.5 Å². The second-order valence-electron chi connectivity index (χ2n) is 10.8. The van der Waals surface area contributed by atoms with E-state index in [0.29, 0.717) is 56.8 Å². The Morgan fingerprint density at radius 1 is 1.05 bits per heavy atom. The average Bonchev–Trinajstić information content (AvgIpc) is 3.29. The summed E-state index contributed by atoms with van der Waals surface area (Å²) in [6.07, 6.45) is -3.30. The zero-order valence-electron chi connectivity index (χ0n) is 22.0. The molecular formula is C28H34F3N3O5. The number of rotatable bonds is 6. The van der Waals surface area contributed by atoms with Crippen molar-refractivity contribution in [2.24, 2.45) is 5.92 Å². The lowest BCUT2D eigenvalue weighted by Gasteiger charge is -2.39. The molecule has 3 amide bonds. The maximum Gasteiger partial charge on any atom is 0.416 e. The number of urea groups is 1. The maximum absolute atomic E-state index is 13.6. The van der Waals surface area contributed by atoms with E-state index in [1.54, 1.807) is 0 Å². The summed E-state index contributed by atoms with van der Waals surface area (Å²) in [5.41, 5.74) is -1.54. The van der Waals surface area contributed by atoms with Gasteiger partial charge in [0.25, 0.3) is 5.91 Å². The van der Waals surface area contributed by atoms with Crippen molar-refractivity contribution in [2.45, 2.75) is 57.4 Å². The Labute approximate surface area is 225 Å². The SMILES string of the molecule is CC(C)CC1(O)CCN(C(=O)Nc2cc(Oc3ccc(C(=O)N4CCC(O)C4)cc3)cc(C(F)(F)F)c2)CC1. The first-order valence-electron chi connectivity index (χ1n) is 13.1. The minimum Gasteiger partial charge on any atom is -0.457 e. The van der Waals surface area contributed by atoms with Crippen LogP contribution in [-0.4, -0.2) is 69.8 Å². The minimum atomic E-state index is -4.67. The molecule has 3 N–H and O–H groups in total. The second kappa shape index (κ2) is 11.4. The first kappa shape index (κ1) is 28.7. The van der Waals surface area contributed by atoms with Gasteiger partial charge in [-0.2, -0.15) is 13.2 Å². The van der Waals surface area contributed by atoms with Crippen LogP contribution in [0.25, 0.3) is 0 Å². The molecule has 0 aromatic heterocycles. The van der Waals surface area contributed by atoms with Crippen molar-refractivity contribution in [2.75, 3.05) is 31.5 Å². The molecule has 2 aliphatic heterocycles. The quantitative estimate of drug-likeness (QED) is 0.465. The number of piperidine rings is 1. The zero-order valence-corrected chi connectivity index (χ0v) is 22.0. The van der Waals surface area contributed by atoms with Crippen LogP contribution in [0, 0.1) is 5.92 Å². The molecule has 0 radical (unpaired) electrons. The Bertz CT molecular complexity index is 1180. The van der Waals surface area contributed by atoms with E-state index in [9.17, 15) is 33.0 Å². The number of nitrogens with one attached hydrogen (secondary N) is 1. The standard InChI is InChI=1S/C28H34F3N3O5/c1-18(2)16-27(38)8-11-33(12-9-27)26(37)32-21-13-20(28(29,30)31)14-24(15-21)39-23-5-3-19(4-6-23)25(36)34-10-7-22(35)17-34/h3-6,13-15,18,22,35,38H,7-12,16-17H2,1-2H3,(H,32,37). The predicted molar refractivity (Wildman–Crippen MR) is 139 cm³/mol. The van der Waals surface area contributed by atoms with Gasteiger partial charge in [-0.25, -0.2) is 4.79 Å². The van der Waals surface area contributed by atoms with Gasteiger partial charge in [0.15, 0.2) is 0 Å². The number of aliphatic hydroxyl groups excluding tert-OH is 1. The number of ether oxygens (including phenoxy) is 1. The third kappa shape index (κ3) is 7.42. The van der Waals surface area contributed by atoms with E-state index in [-0.39, 0.29) is 29.6 Å². The summed E-state index contributed by atoms with van der Waals surface area (Å²) in [6.45, 7) is 5.31. The molecule has 2 heterocycles. The number of hydrogen-bond acceptors (Lipinski definition) is 5. The van der Waals surface area contributed by atoms with Crippen molar-refractivity contribution in [1.29, 1.82) is 0 Å². The number of amides is 3. The molecule has 212 valence electrons. The molecule has 0 bridgehead atoms. The lowest BCUT2D eigenvalue weighted by Crippen LogP contribution is -2.48. The Morgan fingerprint density at radius 3 is 2.28 bits per heavy atom. The fraction of sp³-hybridized carbons (Fsp3) is 0.500. The highest BCUT2D eigenvalue weighted by Crippen LogP contribution is 2.36. The molecule has 8 nitrogen and oxygen atoms in total. The van der Waals surface area contributed by atoms with Crippen LogP contribution < -0.4 is 10.1 Å². The predicted octanol–water partition coefficient (Wildman–Crippen LogP) is 5.11. The number of carbonyl (C=O) groups excluding carboxylic acids is 2. The van der Waals surface area contributed by atoms with Gasteiger partial charge in [0.05, 0.1) is 17.3 Å². The number of aliphatic hydroxyl groups is 2. The normalized spacial score (nSPS) is 19.3. The van der Waals surface area contributed by atoms with Gasteiger partial charge < -0.3 is 30.1 Å². The molecule has 2 aromatic carbocycles. The number of hydrogen-bond donors (Lipinski definition) is 3. The molecule has 1 atom stereocenters. The van der Waals surface area contributed by atoms with E-state index < -0.39 is 29.5 Å². The summed E-state index contributed by atoms with van der Waals surface area (Å²) in [5.74, 6) is 0.133. The first-order chi connectivity index (χ1) is 18.3. The number of likely N-dealkylation sites (tertiary alicyclic amines) is 2. The Morgan fingerprint density at radius 2 is 1.72 bits per heavy atom. The van der Waals surface area contributed by atoms with E-state index >= 15 is 0 Å². The van der Waals surface area contributed by atoms with E-state index in [2.05, 4.69) is 5.32 Å². The van der Waals surface area contributed by atoms with Crippen molar-refractivity contribution >= 4 is 17.6 Å². The van der Waals surface area contributed by atoms with Crippen LogP contribution >= 0.6 is 0 Å². The maximum atomic E-state index is 13.6. The van der Waals surface area contributed by atoms with Crippen LogP contribution in [0.5, 0.6) is 11.5 Å². The molecule has 39 heavy (non-hydrogen) atoms. The number of carbonyl (C=O) groups is 2. The van der Waals surface area contributed by atoms with E-state index in [0.717, 1.165) is 12.1 Å². The van der Waals surface area contributed by atoms with Crippen molar-refractivity contribution in [1.82, 2.24) is 9.80 Å². The van der Waals surface area contributed by atoms with Gasteiger partial charge in [-0.05, 0) is 68.0 Å². The molecule has 2 aliphatic rings. The fourth-order valence-corrected chi connectivity index (χ4v) is 5.10. The van der Waals surface area contributed by atoms with Crippen molar-refractivity contribution in [3.63, 3.8) is 0 Å². The summed E-state index contributed by atoms with van der Waals surface area (Å²) in [5, 5.41) is 22.9. The Kier molecular flexibility index (Phi) is 8.41. The highest BCUT2D eigenvalue weighted by molar-refractivity contribution is 5.94. The fourth-order valence-electron chi connectivity index (χ4n) is 5.10. The zero-order chi connectivity index (χ0) is 28.4. The van der Waals surface area contributed by atoms with Crippen LogP contribution in [0.15, 0.2) is 42.5 Å². The van der Waals surface area contributed by atoms with Crippen LogP contribution in [0.2, 0.25) is 0 Å². The van der Waals surface area contributed by atoms with Crippen molar-refractivity contribution in [3.8, 4) is 11.5 Å². The number of anilines is 1. The minimum absolute atomic E-state index is 0.0766. The molecule has 1 unspecified atom stereocenters. The molecular weight excluding hydrogens is 515 g/mol. The lowest BCUT2D eigenvalue weighted by atomic mass is 9.84. The van der Waals surface area contributed by atoms with Crippen LogP contribution in [0.3, 0.4) is 0 Å². The lowest BCUT2D eigenvalue weighted by molar-refractivity contribution is -0.137. The summed E-state index contributed by atoms with van der Waals surface area (Å²) < 4.78 is 46.5. The third-order valence-corrected chi connectivity index (χ3v) is 7.04. The van der Waals surface area contributed by atoms with Crippen LogP contribution in [0.4, 0.5) is 23.7 Å². The van der Waals surface area contributed by atoms with Crippen molar-refractivity contribution in [3.05, 3.63) is 53.6 Å². The topological polar surface area (TPSA) is 102 Å². The number of β-amino-alcohol motifs (C(OH)–C–C–N with tert-alkyl or cyclic N) is 1. The number of alkyl halides is 3. The highest BCUT2D eigenvalue weighted by Gasteiger charge is 2.35. The molecule has 0 saturated carbocycles. The molecule has 4 rings (SSSR count). The number of nitrogens with zero attached hydrogens (tertiary/aromatic N) is 2. The van der Waals surface area contributed by atoms with Gasteiger partial charge in [-0.1, -0.05) is 13.8 Å². The molecule has 2 fully saturated rings. The van der Waals surface area contributed by atoms with Crippen LogP contribution in [-0.2, 0) is 6.18 Å². The summed E-state index contributed by atoms with van der Waals surface area (Å²) in [7, 11) is 0. The summed E-state index contributed by atoms with van der Waals surface area (Å²) >= 11 is 0. The molecule has 0 spiro atoms. The second-order valence-corrected chi connectivity index (χ2v) is 10.8. The average molecular weight is 550 g/mol. The largest absolute Gasteiger partial charge is 0.457 e. The summed E-state index contributed by atoms with van der Waals surface area (Å²) in [4.78, 5) is 28.4. The molecule has 2 aromatic rings. The third-order valence-electron chi connectivity index (χ3n) is 7.04. The van der Waals surface area contributed by atoms with Gasteiger partial charge in [-0.15, -0.1) is 0 Å². The van der Waals surface area contributed by atoms with Gasteiger partial charge in [-0.3, -0.25) is 4.79 Å². The smallest absolute Gasteiger partial charge is 0.416 e. The van der Waals surface area contributed by atoms with E-state index in [1.807, 2.05) is 13.8 Å². The number of benzene rings is 2. The Hall–Kier alpha value is -3.31.